The van der Waals surface area contributed by atoms with E-state index < -0.39 is 0 Å². The van der Waals surface area contributed by atoms with Crippen molar-refractivity contribution in [1.82, 2.24) is 20.1 Å². The molecule has 0 atom stereocenters. The fraction of sp³-hybridized carbons (Fsp3) is 0.467. The van der Waals surface area contributed by atoms with Crippen molar-refractivity contribution in [3.63, 3.8) is 0 Å². The summed E-state index contributed by atoms with van der Waals surface area (Å²) >= 11 is 0. The standard InChI is InChI=1S/C15H22N4/c1-15(2,3)17-9-8-13-4-6-14(7-5-13)10-19-12-16-11-18-19/h4-7,11-12,17H,8-10H2,1-3H3. The van der Waals surface area contributed by atoms with E-state index in [0.717, 1.165) is 19.5 Å². The number of rotatable bonds is 5. The Morgan fingerprint density at radius 2 is 1.79 bits per heavy atom. The van der Waals surface area contributed by atoms with Crippen molar-refractivity contribution in [2.75, 3.05) is 6.54 Å². The van der Waals surface area contributed by atoms with Crippen LogP contribution in [-0.4, -0.2) is 26.8 Å². The molecule has 0 aliphatic rings. The first-order valence-corrected chi connectivity index (χ1v) is 6.68. The number of nitrogens with one attached hydrogen (secondary N) is 1. The van der Waals surface area contributed by atoms with Crippen LogP contribution in [0.1, 0.15) is 31.9 Å². The molecule has 2 aromatic rings. The summed E-state index contributed by atoms with van der Waals surface area (Å²) in [4.78, 5) is 3.94. The first-order chi connectivity index (χ1) is 9.03. The molecule has 19 heavy (non-hydrogen) atoms. The Hall–Kier alpha value is -1.68. The highest BCUT2D eigenvalue weighted by atomic mass is 15.3. The SMILES string of the molecule is CC(C)(C)NCCc1ccc(Cn2cncn2)cc1. The van der Waals surface area contributed by atoms with Crippen molar-refractivity contribution in [1.29, 1.82) is 0 Å². The molecule has 1 heterocycles. The van der Waals surface area contributed by atoms with E-state index >= 15 is 0 Å². The zero-order chi connectivity index (χ0) is 13.7. The summed E-state index contributed by atoms with van der Waals surface area (Å²) in [5, 5.41) is 7.61. The van der Waals surface area contributed by atoms with Crippen LogP contribution in [0.3, 0.4) is 0 Å². The summed E-state index contributed by atoms with van der Waals surface area (Å²) in [6, 6.07) is 8.70. The number of nitrogens with zero attached hydrogens (tertiary/aromatic N) is 3. The highest BCUT2D eigenvalue weighted by Gasteiger charge is 2.07. The van der Waals surface area contributed by atoms with Gasteiger partial charge in [0.15, 0.2) is 0 Å². The fourth-order valence-corrected chi connectivity index (χ4v) is 1.89. The van der Waals surface area contributed by atoms with Gasteiger partial charge in [-0.2, -0.15) is 5.10 Å². The Morgan fingerprint density at radius 3 is 2.37 bits per heavy atom. The molecule has 0 saturated carbocycles. The summed E-state index contributed by atoms with van der Waals surface area (Å²) < 4.78 is 1.83. The minimum Gasteiger partial charge on any atom is -0.312 e. The molecule has 1 aromatic heterocycles. The van der Waals surface area contributed by atoms with Gasteiger partial charge in [-0.25, -0.2) is 9.67 Å². The number of benzene rings is 1. The van der Waals surface area contributed by atoms with Gasteiger partial charge in [0.1, 0.15) is 12.7 Å². The highest BCUT2D eigenvalue weighted by Crippen LogP contribution is 2.07. The highest BCUT2D eigenvalue weighted by molar-refractivity contribution is 5.22. The van der Waals surface area contributed by atoms with Crippen LogP contribution in [0.5, 0.6) is 0 Å². The molecule has 2 rings (SSSR count). The van der Waals surface area contributed by atoms with Crippen LogP contribution < -0.4 is 5.32 Å². The van der Waals surface area contributed by atoms with Crippen LogP contribution in [0.2, 0.25) is 0 Å². The number of hydrogen-bond acceptors (Lipinski definition) is 3. The Kier molecular flexibility index (Phi) is 4.32. The monoisotopic (exact) mass is 258 g/mol. The Labute approximate surface area is 114 Å². The van der Waals surface area contributed by atoms with E-state index in [1.807, 2.05) is 4.68 Å². The molecule has 0 aliphatic carbocycles. The second-order valence-corrected chi connectivity index (χ2v) is 5.84. The zero-order valence-electron chi connectivity index (χ0n) is 11.9. The molecule has 1 N–H and O–H groups in total. The van der Waals surface area contributed by atoms with Crippen LogP contribution in [-0.2, 0) is 13.0 Å². The zero-order valence-corrected chi connectivity index (χ0v) is 11.9. The molecule has 0 amide bonds. The quantitative estimate of drug-likeness (QED) is 0.894. The predicted octanol–water partition coefficient (Wildman–Crippen LogP) is 2.26. The van der Waals surface area contributed by atoms with E-state index in [1.165, 1.54) is 11.1 Å². The second kappa shape index (κ2) is 5.97. The minimum absolute atomic E-state index is 0.188. The summed E-state index contributed by atoms with van der Waals surface area (Å²) in [7, 11) is 0. The summed E-state index contributed by atoms with van der Waals surface area (Å²) in [6.45, 7) is 8.35. The molecule has 0 fully saturated rings. The second-order valence-electron chi connectivity index (χ2n) is 5.84. The largest absolute Gasteiger partial charge is 0.312 e. The van der Waals surface area contributed by atoms with Gasteiger partial charge in [-0.15, -0.1) is 0 Å². The average Bonchev–Trinajstić information content (AvgIpc) is 2.83. The van der Waals surface area contributed by atoms with Gasteiger partial charge in [-0.1, -0.05) is 24.3 Å². The van der Waals surface area contributed by atoms with Gasteiger partial charge in [-0.3, -0.25) is 0 Å². The van der Waals surface area contributed by atoms with Crippen LogP contribution in [0.4, 0.5) is 0 Å². The van der Waals surface area contributed by atoms with E-state index in [2.05, 4.69) is 60.4 Å². The van der Waals surface area contributed by atoms with Crippen molar-refractivity contribution in [2.45, 2.75) is 39.3 Å². The van der Waals surface area contributed by atoms with Crippen LogP contribution >= 0.6 is 0 Å². The minimum atomic E-state index is 0.188. The maximum absolute atomic E-state index is 4.11. The molecular formula is C15H22N4. The van der Waals surface area contributed by atoms with E-state index in [4.69, 9.17) is 0 Å². The van der Waals surface area contributed by atoms with Gasteiger partial charge >= 0.3 is 0 Å². The normalized spacial score (nSPS) is 11.7. The molecular weight excluding hydrogens is 236 g/mol. The lowest BCUT2D eigenvalue weighted by Gasteiger charge is -2.20. The van der Waals surface area contributed by atoms with Gasteiger partial charge in [0.25, 0.3) is 0 Å². The Bertz CT molecular complexity index is 480. The van der Waals surface area contributed by atoms with Gasteiger partial charge in [0, 0.05) is 5.54 Å². The van der Waals surface area contributed by atoms with Gasteiger partial charge in [0.05, 0.1) is 6.54 Å². The van der Waals surface area contributed by atoms with E-state index in [9.17, 15) is 0 Å². The van der Waals surface area contributed by atoms with Crippen molar-refractivity contribution in [2.24, 2.45) is 0 Å². The maximum atomic E-state index is 4.11. The van der Waals surface area contributed by atoms with E-state index in [-0.39, 0.29) is 5.54 Å². The lowest BCUT2D eigenvalue weighted by molar-refractivity contribution is 0.429. The third kappa shape index (κ3) is 4.83. The summed E-state index contributed by atoms with van der Waals surface area (Å²) in [5.74, 6) is 0. The molecule has 0 aliphatic heterocycles. The maximum Gasteiger partial charge on any atom is 0.137 e. The third-order valence-corrected chi connectivity index (χ3v) is 2.90. The van der Waals surface area contributed by atoms with Gasteiger partial charge in [-0.05, 0) is 44.9 Å². The Morgan fingerprint density at radius 1 is 1.11 bits per heavy atom. The van der Waals surface area contributed by atoms with Crippen LogP contribution in [0.15, 0.2) is 36.9 Å². The van der Waals surface area contributed by atoms with E-state index in [0.29, 0.717) is 0 Å². The van der Waals surface area contributed by atoms with E-state index in [1.54, 1.807) is 12.7 Å². The van der Waals surface area contributed by atoms with Crippen molar-refractivity contribution < 1.29 is 0 Å². The van der Waals surface area contributed by atoms with Crippen molar-refractivity contribution in [3.8, 4) is 0 Å². The molecule has 4 nitrogen and oxygen atoms in total. The van der Waals surface area contributed by atoms with Gasteiger partial charge in [0.2, 0.25) is 0 Å². The molecule has 4 heteroatoms. The number of aromatic nitrogens is 3. The van der Waals surface area contributed by atoms with Crippen molar-refractivity contribution in [3.05, 3.63) is 48.0 Å². The Balaban J connectivity index is 1.84. The van der Waals surface area contributed by atoms with Gasteiger partial charge < -0.3 is 5.32 Å². The molecule has 0 radical (unpaired) electrons. The first kappa shape index (κ1) is 13.7. The summed E-state index contributed by atoms with van der Waals surface area (Å²) in [5.41, 5.74) is 2.80. The summed E-state index contributed by atoms with van der Waals surface area (Å²) in [6.07, 6.45) is 4.36. The number of hydrogen-bond donors (Lipinski definition) is 1. The molecule has 0 unspecified atom stereocenters. The third-order valence-electron chi connectivity index (χ3n) is 2.90. The molecule has 1 aromatic carbocycles. The van der Waals surface area contributed by atoms with Crippen molar-refractivity contribution >= 4 is 0 Å². The predicted molar refractivity (Wildman–Crippen MR) is 77.0 cm³/mol. The molecule has 0 spiro atoms. The topological polar surface area (TPSA) is 42.7 Å². The average molecular weight is 258 g/mol. The molecule has 0 bridgehead atoms. The van der Waals surface area contributed by atoms with Crippen LogP contribution in [0.25, 0.3) is 0 Å². The molecule has 0 saturated heterocycles. The lowest BCUT2D eigenvalue weighted by Crippen LogP contribution is -2.37. The molecule has 102 valence electrons. The first-order valence-electron chi connectivity index (χ1n) is 6.68. The lowest BCUT2D eigenvalue weighted by atomic mass is 10.1. The van der Waals surface area contributed by atoms with Crippen LogP contribution in [0, 0.1) is 0 Å². The fourth-order valence-electron chi connectivity index (χ4n) is 1.89. The smallest absolute Gasteiger partial charge is 0.137 e.